The van der Waals surface area contributed by atoms with Crippen LogP contribution in [0.15, 0.2) is 48.5 Å². The molecule has 0 aliphatic carbocycles. The van der Waals surface area contributed by atoms with Crippen molar-refractivity contribution < 1.29 is 9.53 Å². The number of esters is 1. The topological polar surface area (TPSA) is 55.3 Å². The first-order valence-corrected chi connectivity index (χ1v) is 7.55. The molecule has 4 rings (SSSR count). The predicted octanol–water partition coefficient (Wildman–Crippen LogP) is 3.12. The summed E-state index contributed by atoms with van der Waals surface area (Å²) in [6, 6.07) is 15.6. The fraction of sp³-hybridized carbons (Fsp3) is 0.167. The molecule has 2 heterocycles. The van der Waals surface area contributed by atoms with Crippen LogP contribution in [-0.4, -0.2) is 24.7 Å². The minimum atomic E-state index is -0.402. The number of para-hydroxylation sites is 1. The molecule has 3 aromatic rings. The minimum Gasteiger partial charge on any atom is -0.449 e. The number of hydrogen-bond donors (Lipinski definition) is 2. The second-order valence-corrected chi connectivity index (χ2v) is 5.46. The van der Waals surface area contributed by atoms with Gasteiger partial charge in [-0.15, -0.1) is 0 Å². The molecule has 0 saturated carbocycles. The Hall–Kier alpha value is -2.95. The van der Waals surface area contributed by atoms with Crippen LogP contribution in [0.2, 0.25) is 0 Å². The van der Waals surface area contributed by atoms with Crippen molar-refractivity contribution in [3.05, 3.63) is 65.2 Å². The van der Waals surface area contributed by atoms with Crippen molar-refractivity contribution in [2.45, 2.75) is 6.10 Å². The summed E-state index contributed by atoms with van der Waals surface area (Å²) in [6.07, 6.45) is -0.402. The first kappa shape index (κ1) is 13.7. The number of carbonyl (C=O) groups excluding carboxylic acids is 1. The molecule has 2 N–H and O–H groups in total. The highest BCUT2D eigenvalue weighted by atomic mass is 16.5. The molecule has 1 atom stereocenters. The fourth-order valence-electron chi connectivity index (χ4n) is 3.37. The summed E-state index contributed by atoms with van der Waals surface area (Å²) >= 11 is 0. The number of cyclic esters (lactones) is 1. The van der Waals surface area contributed by atoms with E-state index < -0.39 is 6.10 Å². The molecule has 0 saturated heterocycles. The Morgan fingerprint density at radius 2 is 1.78 bits per heavy atom. The van der Waals surface area contributed by atoms with Crippen molar-refractivity contribution in [2.24, 2.45) is 0 Å². The summed E-state index contributed by atoms with van der Waals surface area (Å²) in [6.45, 7) is 0. The van der Waals surface area contributed by atoms with Crippen LogP contribution < -0.4 is 10.7 Å². The molecule has 2 aromatic carbocycles. The summed E-state index contributed by atoms with van der Waals surface area (Å²) in [5.41, 5.74) is 6.74. The van der Waals surface area contributed by atoms with Gasteiger partial charge in [0.25, 0.3) is 0 Å². The number of nitrogens with zero attached hydrogens (tertiary/aromatic N) is 1. The second kappa shape index (κ2) is 5.05. The van der Waals surface area contributed by atoms with Gasteiger partial charge in [0, 0.05) is 30.6 Å². The number of nitrogens with one attached hydrogen (secondary N) is 2. The number of rotatable bonds is 3. The number of aromatic nitrogens is 1. The lowest BCUT2D eigenvalue weighted by Crippen LogP contribution is -2.13. The Morgan fingerprint density at radius 3 is 2.57 bits per heavy atom. The first-order valence-electron chi connectivity index (χ1n) is 7.55. The maximum Gasteiger partial charge on any atom is 0.339 e. The lowest BCUT2D eigenvalue weighted by molar-refractivity contribution is 0.0459. The van der Waals surface area contributed by atoms with Crippen LogP contribution in [0.1, 0.15) is 27.6 Å². The van der Waals surface area contributed by atoms with Crippen molar-refractivity contribution in [1.82, 2.24) is 4.68 Å². The largest absolute Gasteiger partial charge is 0.449 e. The van der Waals surface area contributed by atoms with Gasteiger partial charge in [-0.3, -0.25) is 0 Å². The molecular formula is C18H17N3O2. The van der Waals surface area contributed by atoms with Gasteiger partial charge in [0.2, 0.25) is 0 Å². The number of anilines is 1. The fourth-order valence-corrected chi connectivity index (χ4v) is 3.37. The summed E-state index contributed by atoms with van der Waals surface area (Å²) in [5, 5.41) is 4.29. The monoisotopic (exact) mass is 307 g/mol. The maximum atomic E-state index is 12.2. The van der Waals surface area contributed by atoms with Gasteiger partial charge < -0.3 is 15.5 Å². The molecule has 1 aromatic heterocycles. The third kappa shape index (κ3) is 1.83. The molecule has 1 aliphatic heterocycles. The Bertz CT molecular complexity index is 914. The van der Waals surface area contributed by atoms with Crippen LogP contribution in [-0.2, 0) is 4.74 Å². The summed E-state index contributed by atoms with van der Waals surface area (Å²) in [5.74, 6) is 0.622. The number of benzene rings is 2. The van der Waals surface area contributed by atoms with Gasteiger partial charge in [0.1, 0.15) is 5.82 Å². The van der Waals surface area contributed by atoms with Gasteiger partial charge >= 0.3 is 5.97 Å². The zero-order valence-electron chi connectivity index (χ0n) is 13.0. The zero-order valence-corrected chi connectivity index (χ0v) is 13.0. The highest BCUT2D eigenvalue weighted by molar-refractivity contribution is 5.97. The van der Waals surface area contributed by atoms with E-state index >= 15 is 0 Å². The Balaban J connectivity index is 2.02. The van der Waals surface area contributed by atoms with Crippen LogP contribution >= 0.6 is 0 Å². The first-order chi connectivity index (χ1) is 11.3. The Morgan fingerprint density at radius 1 is 1.04 bits per heavy atom. The molecular weight excluding hydrogens is 290 g/mol. The predicted molar refractivity (Wildman–Crippen MR) is 90.5 cm³/mol. The number of hydrogen-bond acceptors (Lipinski definition) is 4. The molecule has 5 nitrogen and oxygen atoms in total. The third-order valence-corrected chi connectivity index (χ3v) is 4.32. The lowest BCUT2D eigenvalue weighted by atomic mass is 9.98. The quantitative estimate of drug-likeness (QED) is 0.730. The molecule has 0 radical (unpaired) electrons. The molecule has 1 unspecified atom stereocenters. The molecule has 0 spiro atoms. The average molecular weight is 307 g/mol. The van der Waals surface area contributed by atoms with Gasteiger partial charge in [-0.1, -0.05) is 36.4 Å². The molecule has 116 valence electrons. The molecule has 5 heteroatoms. The van der Waals surface area contributed by atoms with Crippen molar-refractivity contribution in [3.8, 4) is 0 Å². The minimum absolute atomic E-state index is 0.269. The van der Waals surface area contributed by atoms with Gasteiger partial charge in [0.15, 0.2) is 6.10 Å². The standard InChI is InChI=1S/C18H17N3O2/c1-19-17-15(13-9-5-6-10-14(13)21(17)20-2)16-11-7-3-4-8-12(11)18(22)23-16/h3-10,16,19-20H,1-2H3. The Kier molecular flexibility index (Phi) is 3.01. The number of fused-ring (bicyclic) bond motifs is 2. The van der Waals surface area contributed by atoms with E-state index in [4.69, 9.17) is 4.74 Å². The zero-order chi connectivity index (χ0) is 16.0. The summed E-state index contributed by atoms with van der Waals surface area (Å²) in [4.78, 5) is 12.2. The van der Waals surface area contributed by atoms with E-state index in [-0.39, 0.29) is 5.97 Å². The van der Waals surface area contributed by atoms with E-state index in [2.05, 4.69) is 10.7 Å². The SMILES string of the molecule is CNc1c(C2OC(=O)c3ccccc32)c2ccccc2n1NC. The number of ether oxygens (including phenoxy) is 1. The van der Waals surface area contributed by atoms with Crippen LogP contribution in [0.4, 0.5) is 5.82 Å². The van der Waals surface area contributed by atoms with Crippen molar-refractivity contribution in [1.29, 1.82) is 0 Å². The van der Waals surface area contributed by atoms with E-state index in [1.165, 1.54) is 0 Å². The van der Waals surface area contributed by atoms with Crippen molar-refractivity contribution in [2.75, 3.05) is 24.8 Å². The smallest absolute Gasteiger partial charge is 0.339 e. The van der Waals surface area contributed by atoms with E-state index in [1.54, 1.807) is 0 Å². The second-order valence-electron chi connectivity index (χ2n) is 5.46. The highest BCUT2D eigenvalue weighted by Crippen LogP contribution is 2.43. The molecule has 0 amide bonds. The van der Waals surface area contributed by atoms with E-state index in [1.807, 2.05) is 67.3 Å². The van der Waals surface area contributed by atoms with E-state index in [9.17, 15) is 4.79 Å². The van der Waals surface area contributed by atoms with Crippen LogP contribution in [0.25, 0.3) is 10.9 Å². The normalized spacial score (nSPS) is 16.3. The van der Waals surface area contributed by atoms with Crippen molar-refractivity contribution >= 4 is 22.7 Å². The van der Waals surface area contributed by atoms with Crippen LogP contribution in [0.3, 0.4) is 0 Å². The third-order valence-electron chi connectivity index (χ3n) is 4.32. The summed E-state index contributed by atoms with van der Waals surface area (Å²) in [7, 11) is 3.74. The van der Waals surface area contributed by atoms with Crippen molar-refractivity contribution in [3.63, 3.8) is 0 Å². The molecule has 1 aliphatic rings. The maximum absolute atomic E-state index is 12.2. The van der Waals surface area contributed by atoms with Gasteiger partial charge in [-0.05, 0) is 12.1 Å². The lowest BCUT2D eigenvalue weighted by Gasteiger charge is -2.14. The Labute approximate surface area is 133 Å². The molecule has 23 heavy (non-hydrogen) atoms. The highest BCUT2D eigenvalue weighted by Gasteiger charge is 2.36. The molecule has 0 bridgehead atoms. The van der Waals surface area contributed by atoms with Crippen LogP contribution in [0, 0.1) is 0 Å². The van der Waals surface area contributed by atoms with Gasteiger partial charge in [-0.25, -0.2) is 9.47 Å². The van der Waals surface area contributed by atoms with Gasteiger partial charge in [0.05, 0.1) is 11.1 Å². The van der Waals surface area contributed by atoms with E-state index in [0.717, 1.165) is 27.8 Å². The van der Waals surface area contributed by atoms with Gasteiger partial charge in [-0.2, -0.15) is 0 Å². The van der Waals surface area contributed by atoms with E-state index in [0.29, 0.717) is 5.56 Å². The summed E-state index contributed by atoms with van der Waals surface area (Å²) < 4.78 is 7.68. The van der Waals surface area contributed by atoms with Crippen LogP contribution in [0.5, 0.6) is 0 Å². The number of carbonyl (C=O) groups is 1. The average Bonchev–Trinajstić information content (AvgIpc) is 3.09. The molecule has 0 fully saturated rings.